The first-order chi connectivity index (χ1) is 6.26. The van der Waals surface area contributed by atoms with Crippen LogP contribution in [0.15, 0.2) is 0 Å². The van der Waals surface area contributed by atoms with E-state index >= 15 is 0 Å². The van der Waals surface area contributed by atoms with Crippen LogP contribution in [0.25, 0.3) is 0 Å². The summed E-state index contributed by atoms with van der Waals surface area (Å²) in [4.78, 5) is 4.60. The molecule has 0 atom stereocenters. The zero-order valence-corrected chi connectivity index (χ0v) is 8.32. The van der Waals surface area contributed by atoms with E-state index in [1.807, 2.05) is 0 Å². The molecule has 0 spiro atoms. The maximum absolute atomic E-state index is 8.91. The van der Waals surface area contributed by atoms with E-state index in [1.165, 1.54) is 0 Å². The summed E-state index contributed by atoms with van der Waals surface area (Å²) in [5, 5.41) is 17.8. The molecule has 2 N–H and O–H groups in total. The summed E-state index contributed by atoms with van der Waals surface area (Å²) in [6, 6.07) is 0. The third-order valence-corrected chi connectivity index (χ3v) is 2.63. The third kappa shape index (κ3) is 3.60. The van der Waals surface area contributed by atoms with Crippen molar-refractivity contribution < 1.29 is 10.2 Å². The standard InChI is InChI=1S/C9H20N2O2/c1-10-2-4-11(5-3-10)6-9(7-12)8-13/h9,12-13H,2-8H2,1H3. The zero-order chi connectivity index (χ0) is 9.68. The predicted octanol–water partition coefficient (Wildman–Crippen LogP) is -1.17. The van der Waals surface area contributed by atoms with Gasteiger partial charge in [0.25, 0.3) is 0 Å². The molecule has 0 bridgehead atoms. The number of nitrogens with zero attached hydrogens (tertiary/aromatic N) is 2. The Morgan fingerprint density at radius 3 is 2.08 bits per heavy atom. The van der Waals surface area contributed by atoms with Crippen LogP contribution in [-0.2, 0) is 0 Å². The molecular weight excluding hydrogens is 168 g/mol. The van der Waals surface area contributed by atoms with Gasteiger partial charge < -0.3 is 20.0 Å². The van der Waals surface area contributed by atoms with Gasteiger partial charge in [0.1, 0.15) is 0 Å². The monoisotopic (exact) mass is 188 g/mol. The molecule has 0 aliphatic carbocycles. The molecule has 0 aromatic heterocycles. The van der Waals surface area contributed by atoms with Crippen LogP contribution in [0.1, 0.15) is 0 Å². The van der Waals surface area contributed by atoms with Crippen molar-refractivity contribution in [3.05, 3.63) is 0 Å². The molecule has 0 aromatic carbocycles. The highest BCUT2D eigenvalue weighted by molar-refractivity contribution is 4.71. The van der Waals surface area contributed by atoms with E-state index in [0.29, 0.717) is 0 Å². The van der Waals surface area contributed by atoms with Crippen molar-refractivity contribution in [2.24, 2.45) is 5.92 Å². The second-order valence-corrected chi connectivity index (χ2v) is 3.84. The summed E-state index contributed by atoms with van der Waals surface area (Å²) in [6.07, 6.45) is 0. The lowest BCUT2D eigenvalue weighted by atomic mass is 10.1. The van der Waals surface area contributed by atoms with Gasteiger partial charge in [-0.1, -0.05) is 0 Å². The van der Waals surface area contributed by atoms with Gasteiger partial charge in [-0.2, -0.15) is 0 Å². The minimum Gasteiger partial charge on any atom is -0.396 e. The van der Waals surface area contributed by atoms with Gasteiger partial charge in [-0.15, -0.1) is 0 Å². The van der Waals surface area contributed by atoms with E-state index in [0.717, 1.165) is 32.7 Å². The van der Waals surface area contributed by atoms with Crippen molar-refractivity contribution in [3.63, 3.8) is 0 Å². The Balaban J connectivity index is 2.21. The van der Waals surface area contributed by atoms with Crippen LogP contribution in [0.3, 0.4) is 0 Å². The molecule has 0 saturated carbocycles. The lowest BCUT2D eigenvalue weighted by Crippen LogP contribution is -2.46. The van der Waals surface area contributed by atoms with Gasteiger partial charge in [0.2, 0.25) is 0 Å². The summed E-state index contributed by atoms with van der Waals surface area (Å²) >= 11 is 0. The molecule has 0 unspecified atom stereocenters. The van der Waals surface area contributed by atoms with Gasteiger partial charge in [0.15, 0.2) is 0 Å². The minimum atomic E-state index is 0.0309. The quantitative estimate of drug-likeness (QED) is 0.584. The molecule has 1 saturated heterocycles. The second kappa shape index (κ2) is 5.54. The van der Waals surface area contributed by atoms with Crippen molar-refractivity contribution in [2.75, 3.05) is 53.0 Å². The fourth-order valence-electron chi connectivity index (χ4n) is 1.57. The fraction of sp³-hybridized carbons (Fsp3) is 1.00. The number of hydrogen-bond donors (Lipinski definition) is 2. The average molecular weight is 188 g/mol. The van der Waals surface area contributed by atoms with Gasteiger partial charge in [0.05, 0.1) is 0 Å². The highest BCUT2D eigenvalue weighted by Crippen LogP contribution is 2.03. The number of piperazine rings is 1. The first-order valence-corrected chi connectivity index (χ1v) is 4.89. The SMILES string of the molecule is CN1CCN(CC(CO)CO)CC1. The molecule has 13 heavy (non-hydrogen) atoms. The Morgan fingerprint density at radius 2 is 1.62 bits per heavy atom. The molecule has 1 heterocycles. The second-order valence-electron chi connectivity index (χ2n) is 3.84. The Hall–Kier alpha value is -0.160. The topological polar surface area (TPSA) is 46.9 Å². The van der Waals surface area contributed by atoms with Crippen molar-refractivity contribution in [1.82, 2.24) is 9.80 Å². The average Bonchev–Trinajstić information content (AvgIpc) is 2.17. The largest absolute Gasteiger partial charge is 0.396 e. The summed E-state index contributed by atoms with van der Waals surface area (Å²) in [5.74, 6) is 0.0309. The van der Waals surface area contributed by atoms with Gasteiger partial charge >= 0.3 is 0 Å². The predicted molar refractivity (Wildman–Crippen MR) is 51.6 cm³/mol. The fourth-order valence-corrected chi connectivity index (χ4v) is 1.57. The normalized spacial score (nSPS) is 21.2. The summed E-state index contributed by atoms with van der Waals surface area (Å²) in [7, 11) is 2.12. The maximum Gasteiger partial charge on any atom is 0.0493 e. The van der Waals surface area contributed by atoms with Gasteiger partial charge in [-0.25, -0.2) is 0 Å². The molecule has 0 amide bonds. The molecule has 78 valence electrons. The first-order valence-electron chi connectivity index (χ1n) is 4.89. The summed E-state index contributed by atoms with van der Waals surface area (Å²) in [6.45, 7) is 5.26. The number of aliphatic hydroxyl groups excluding tert-OH is 2. The molecule has 4 heteroatoms. The summed E-state index contributed by atoms with van der Waals surface area (Å²) < 4.78 is 0. The Labute approximate surface area is 79.8 Å². The van der Waals surface area contributed by atoms with Crippen LogP contribution in [0.5, 0.6) is 0 Å². The molecule has 1 fully saturated rings. The third-order valence-electron chi connectivity index (χ3n) is 2.63. The molecule has 0 aromatic rings. The Bertz CT molecular complexity index is 132. The number of likely N-dealkylation sites (N-methyl/N-ethyl adjacent to an activating group) is 1. The van der Waals surface area contributed by atoms with Crippen LogP contribution >= 0.6 is 0 Å². The smallest absolute Gasteiger partial charge is 0.0493 e. The van der Waals surface area contributed by atoms with Gasteiger partial charge in [-0.3, -0.25) is 0 Å². The van der Waals surface area contributed by atoms with E-state index < -0.39 is 0 Å². The molecule has 1 aliphatic rings. The van der Waals surface area contributed by atoms with Crippen molar-refractivity contribution in [2.45, 2.75) is 0 Å². The highest BCUT2D eigenvalue weighted by Gasteiger charge is 2.17. The first kappa shape index (κ1) is 10.9. The molecular formula is C9H20N2O2. The lowest BCUT2D eigenvalue weighted by molar-refractivity contribution is 0.0835. The maximum atomic E-state index is 8.91. The van der Waals surface area contributed by atoms with E-state index in [1.54, 1.807) is 0 Å². The van der Waals surface area contributed by atoms with E-state index in [2.05, 4.69) is 16.8 Å². The van der Waals surface area contributed by atoms with Crippen LogP contribution in [0.2, 0.25) is 0 Å². The van der Waals surface area contributed by atoms with Crippen molar-refractivity contribution >= 4 is 0 Å². The molecule has 0 radical (unpaired) electrons. The Kier molecular flexibility index (Phi) is 4.66. The van der Waals surface area contributed by atoms with E-state index in [4.69, 9.17) is 10.2 Å². The number of hydrogen-bond acceptors (Lipinski definition) is 4. The van der Waals surface area contributed by atoms with Crippen LogP contribution < -0.4 is 0 Å². The summed E-state index contributed by atoms with van der Waals surface area (Å²) in [5.41, 5.74) is 0. The Morgan fingerprint density at radius 1 is 1.08 bits per heavy atom. The van der Waals surface area contributed by atoms with Gasteiger partial charge in [-0.05, 0) is 7.05 Å². The molecule has 1 rings (SSSR count). The minimum absolute atomic E-state index is 0.0309. The zero-order valence-electron chi connectivity index (χ0n) is 8.32. The number of rotatable bonds is 4. The van der Waals surface area contributed by atoms with Crippen LogP contribution in [0, 0.1) is 5.92 Å². The lowest BCUT2D eigenvalue weighted by Gasteiger charge is -2.33. The van der Waals surface area contributed by atoms with E-state index in [9.17, 15) is 0 Å². The molecule has 4 nitrogen and oxygen atoms in total. The van der Waals surface area contributed by atoms with Crippen molar-refractivity contribution in [3.8, 4) is 0 Å². The van der Waals surface area contributed by atoms with Crippen LogP contribution in [0.4, 0.5) is 0 Å². The molecule has 1 aliphatic heterocycles. The number of aliphatic hydroxyl groups is 2. The highest BCUT2D eigenvalue weighted by atomic mass is 16.3. The van der Waals surface area contributed by atoms with E-state index in [-0.39, 0.29) is 19.1 Å². The van der Waals surface area contributed by atoms with Crippen LogP contribution in [-0.4, -0.2) is 73.0 Å². The van der Waals surface area contributed by atoms with Gasteiger partial charge in [0, 0.05) is 51.9 Å². The van der Waals surface area contributed by atoms with Crippen molar-refractivity contribution in [1.29, 1.82) is 0 Å².